The molecule has 0 aliphatic rings. The summed E-state index contributed by atoms with van der Waals surface area (Å²) in [6.07, 6.45) is -0.593. The van der Waals surface area contributed by atoms with Gasteiger partial charge in [-0.05, 0) is 0 Å². The van der Waals surface area contributed by atoms with E-state index in [2.05, 4.69) is 0 Å². The summed E-state index contributed by atoms with van der Waals surface area (Å²) in [6.45, 7) is 0. The van der Waals surface area contributed by atoms with Crippen LogP contribution < -0.4 is 9.47 Å². The minimum absolute atomic E-state index is 0.0265. The number of rotatable bonds is 5. The topological polar surface area (TPSA) is 93.1 Å². The lowest BCUT2D eigenvalue weighted by Gasteiger charge is -2.16. The quantitative estimate of drug-likeness (QED) is 0.867. The lowest BCUT2D eigenvalue weighted by atomic mass is 10.0. The molecule has 0 aromatic heterocycles. The molecule has 104 valence electrons. The zero-order valence-corrected chi connectivity index (χ0v) is 11.5. The first kappa shape index (κ1) is 15.4. The van der Waals surface area contributed by atoms with Gasteiger partial charge in [0, 0.05) is 5.56 Å². The average Bonchev–Trinajstić information content (AvgIpc) is 2.32. The second kappa shape index (κ2) is 5.99. The van der Waals surface area contributed by atoms with Crippen molar-refractivity contribution in [2.45, 2.75) is 6.42 Å². The molecular formula is C11H10Cl2O6. The maximum Gasteiger partial charge on any atom is 0.339 e. The highest BCUT2D eigenvalue weighted by Gasteiger charge is 2.28. The van der Waals surface area contributed by atoms with Crippen molar-refractivity contribution >= 4 is 35.1 Å². The van der Waals surface area contributed by atoms with Crippen molar-refractivity contribution in [1.82, 2.24) is 0 Å². The Balaban J connectivity index is 3.75. The molecule has 0 bridgehead atoms. The average molecular weight is 309 g/mol. The Bertz CT molecular complexity index is 541. The van der Waals surface area contributed by atoms with Gasteiger partial charge in [0.2, 0.25) is 0 Å². The molecule has 0 aliphatic heterocycles. The van der Waals surface area contributed by atoms with Crippen molar-refractivity contribution in [3.63, 3.8) is 0 Å². The highest BCUT2D eigenvalue weighted by molar-refractivity contribution is 6.39. The van der Waals surface area contributed by atoms with Crippen molar-refractivity contribution in [2.24, 2.45) is 0 Å². The Hall–Kier alpha value is -1.66. The van der Waals surface area contributed by atoms with Crippen LogP contribution >= 0.6 is 23.2 Å². The lowest BCUT2D eigenvalue weighted by molar-refractivity contribution is -0.136. The summed E-state index contributed by atoms with van der Waals surface area (Å²) in [5.74, 6) is -2.84. The zero-order chi connectivity index (χ0) is 14.7. The first-order chi connectivity index (χ1) is 8.84. The van der Waals surface area contributed by atoms with E-state index in [9.17, 15) is 14.7 Å². The molecule has 1 aromatic carbocycles. The molecule has 0 saturated heterocycles. The van der Waals surface area contributed by atoms with E-state index in [0.29, 0.717) is 0 Å². The summed E-state index contributed by atoms with van der Waals surface area (Å²) in [6, 6.07) is 0. The predicted octanol–water partition coefficient (Wildman–Crippen LogP) is 2.34. The molecular weight excluding hydrogens is 299 g/mol. The van der Waals surface area contributed by atoms with Crippen LogP contribution in [-0.2, 0) is 11.2 Å². The standard InChI is InChI=1S/C11H10Cl2O6/c1-18-9-6(11(16)17)4(3-5(14)15)7(12)10(19-2)8(9)13/h3H2,1-2H3,(H,14,15)(H,16,17). The third kappa shape index (κ3) is 2.85. The summed E-state index contributed by atoms with van der Waals surface area (Å²) < 4.78 is 9.86. The van der Waals surface area contributed by atoms with E-state index in [1.54, 1.807) is 0 Å². The second-order valence-corrected chi connectivity index (χ2v) is 4.18. The lowest BCUT2D eigenvalue weighted by Crippen LogP contribution is -2.12. The van der Waals surface area contributed by atoms with Gasteiger partial charge in [-0.3, -0.25) is 4.79 Å². The maximum absolute atomic E-state index is 11.3. The van der Waals surface area contributed by atoms with Gasteiger partial charge in [0.15, 0.2) is 11.5 Å². The fourth-order valence-electron chi connectivity index (χ4n) is 1.61. The first-order valence-electron chi connectivity index (χ1n) is 4.92. The number of carboxylic acid groups (broad SMARTS) is 2. The molecule has 2 N–H and O–H groups in total. The fraction of sp³-hybridized carbons (Fsp3) is 0.273. The van der Waals surface area contributed by atoms with Gasteiger partial charge in [-0.1, -0.05) is 23.2 Å². The number of carboxylic acids is 2. The van der Waals surface area contributed by atoms with Crippen molar-refractivity contribution in [2.75, 3.05) is 14.2 Å². The number of methoxy groups -OCH3 is 2. The number of aromatic carboxylic acids is 1. The monoisotopic (exact) mass is 308 g/mol. The van der Waals surface area contributed by atoms with E-state index in [-0.39, 0.29) is 32.7 Å². The molecule has 0 heterocycles. The number of benzene rings is 1. The fourth-order valence-corrected chi connectivity index (χ4v) is 2.33. The third-order valence-corrected chi connectivity index (χ3v) is 3.09. The number of hydrogen-bond acceptors (Lipinski definition) is 4. The van der Waals surface area contributed by atoms with Crippen LogP contribution in [0.3, 0.4) is 0 Å². The van der Waals surface area contributed by atoms with Crippen LogP contribution in [0.25, 0.3) is 0 Å². The molecule has 0 amide bonds. The predicted molar refractivity (Wildman–Crippen MR) is 67.9 cm³/mol. The van der Waals surface area contributed by atoms with Crippen LogP contribution in [0.1, 0.15) is 15.9 Å². The molecule has 0 spiro atoms. The minimum Gasteiger partial charge on any atom is -0.494 e. The second-order valence-electron chi connectivity index (χ2n) is 3.42. The van der Waals surface area contributed by atoms with E-state index < -0.39 is 18.4 Å². The van der Waals surface area contributed by atoms with Crippen LogP contribution in [0, 0.1) is 0 Å². The van der Waals surface area contributed by atoms with Crippen LogP contribution in [0.4, 0.5) is 0 Å². The van der Waals surface area contributed by atoms with Gasteiger partial charge < -0.3 is 19.7 Å². The van der Waals surface area contributed by atoms with E-state index in [1.165, 1.54) is 14.2 Å². The largest absolute Gasteiger partial charge is 0.494 e. The molecule has 19 heavy (non-hydrogen) atoms. The van der Waals surface area contributed by atoms with Crippen LogP contribution in [0.5, 0.6) is 11.5 Å². The van der Waals surface area contributed by atoms with Crippen molar-refractivity contribution < 1.29 is 29.3 Å². The van der Waals surface area contributed by atoms with Crippen LogP contribution in [0.2, 0.25) is 10.0 Å². The smallest absolute Gasteiger partial charge is 0.339 e. The normalized spacial score (nSPS) is 10.1. The molecule has 1 rings (SSSR count). The SMILES string of the molecule is COc1c(Cl)c(CC(=O)O)c(C(=O)O)c(OC)c1Cl. The number of carbonyl (C=O) groups is 2. The molecule has 0 radical (unpaired) electrons. The third-order valence-electron chi connectivity index (χ3n) is 2.34. The van der Waals surface area contributed by atoms with Gasteiger partial charge in [0.25, 0.3) is 0 Å². The van der Waals surface area contributed by atoms with E-state index in [4.69, 9.17) is 37.8 Å². The molecule has 0 fully saturated rings. The Morgan fingerprint density at radius 1 is 1.05 bits per heavy atom. The minimum atomic E-state index is -1.39. The Morgan fingerprint density at radius 2 is 1.58 bits per heavy atom. The summed E-state index contributed by atoms with van der Waals surface area (Å²) in [5.41, 5.74) is -0.513. The van der Waals surface area contributed by atoms with Gasteiger partial charge in [-0.15, -0.1) is 0 Å². The Labute approximate surface area is 118 Å². The highest BCUT2D eigenvalue weighted by Crippen LogP contribution is 2.45. The number of ether oxygens (including phenoxy) is 2. The van der Waals surface area contributed by atoms with Crippen LogP contribution in [-0.4, -0.2) is 36.4 Å². The van der Waals surface area contributed by atoms with Gasteiger partial charge in [0.1, 0.15) is 10.6 Å². The molecule has 6 nitrogen and oxygen atoms in total. The van der Waals surface area contributed by atoms with Crippen molar-refractivity contribution in [1.29, 1.82) is 0 Å². The molecule has 0 atom stereocenters. The highest BCUT2D eigenvalue weighted by atomic mass is 35.5. The Kier molecular flexibility index (Phi) is 4.85. The van der Waals surface area contributed by atoms with Gasteiger partial charge >= 0.3 is 11.9 Å². The molecule has 0 aliphatic carbocycles. The van der Waals surface area contributed by atoms with Crippen LogP contribution in [0.15, 0.2) is 0 Å². The zero-order valence-electron chi connectivity index (χ0n) is 9.99. The number of aliphatic carboxylic acids is 1. The first-order valence-corrected chi connectivity index (χ1v) is 5.67. The molecule has 1 aromatic rings. The summed E-state index contributed by atoms with van der Waals surface area (Å²) in [7, 11) is 2.49. The van der Waals surface area contributed by atoms with Gasteiger partial charge in [-0.25, -0.2) is 4.79 Å². The van der Waals surface area contributed by atoms with Crippen molar-refractivity contribution in [3.8, 4) is 11.5 Å². The summed E-state index contributed by atoms with van der Waals surface area (Å²) in [5, 5.41) is 17.7. The molecule has 0 saturated carbocycles. The van der Waals surface area contributed by atoms with Gasteiger partial charge in [0.05, 0.1) is 25.7 Å². The van der Waals surface area contributed by atoms with E-state index in [1.807, 2.05) is 0 Å². The number of hydrogen-bond donors (Lipinski definition) is 2. The Morgan fingerprint density at radius 3 is 1.95 bits per heavy atom. The molecule has 0 unspecified atom stereocenters. The van der Waals surface area contributed by atoms with Crippen molar-refractivity contribution in [3.05, 3.63) is 21.2 Å². The van der Waals surface area contributed by atoms with E-state index in [0.717, 1.165) is 0 Å². The maximum atomic E-state index is 11.3. The van der Waals surface area contributed by atoms with E-state index >= 15 is 0 Å². The van der Waals surface area contributed by atoms with Gasteiger partial charge in [-0.2, -0.15) is 0 Å². The summed E-state index contributed by atoms with van der Waals surface area (Å²) >= 11 is 11.9. The number of halogens is 2. The summed E-state index contributed by atoms with van der Waals surface area (Å²) in [4.78, 5) is 22.1. The molecule has 8 heteroatoms.